The van der Waals surface area contributed by atoms with Crippen LogP contribution in [0.5, 0.6) is 0 Å². The van der Waals surface area contributed by atoms with Crippen molar-refractivity contribution in [1.29, 1.82) is 1.43 Å². The van der Waals surface area contributed by atoms with Crippen molar-refractivity contribution in [2.24, 2.45) is 4.99 Å². The molecular weight excluding hydrogens is 348 g/mol. The van der Waals surface area contributed by atoms with E-state index in [2.05, 4.69) is 22.1 Å². The van der Waals surface area contributed by atoms with Gasteiger partial charge in [0.1, 0.15) is 5.84 Å². The molecule has 0 aromatic heterocycles. The highest BCUT2D eigenvalue weighted by atomic mass is 16.4. The maximum Gasteiger partial charge on any atom is 0.333 e. The molecule has 0 bridgehead atoms. The standard InChI is InChI=1S/C24H22N2O2/c1-24(23(27)28)21(19-13-7-3-8-14-19)26(17-18-11-5-2-6-12-18)22(25-24)20-15-9-4-10-16-20/h2-16,21H,17H2,1H3,(H,27,28)/t21-,24-/m0/s1/i/hD. The molecule has 4 rings (SSSR count). The number of rotatable bonds is 5. The van der Waals surface area contributed by atoms with Gasteiger partial charge < -0.3 is 10.0 Å². The lowest BCUT2D eigenvalue weighted by Crippen LogP contribution is -2.43. The quantitative estimate of drug-likeness (QED) is 0.717. The molecule has 0 aliphatic carbocycles. The van der Waals surface area contributed by atoms with E-state index in [1.807, 2.05) is 78.9 Å². The molecule has 1 aliphatic heterocycles. The highest BCUT2D eigenvalue weighted by Gasteiger charge is 2.51. The van der Waals surface area contributed by atoms with Crippen molar-refractivity contribution in [3.8, 4) is 0 Å². The Morgan fingerprint density at radius 2 is 1.57 bits per heavy atom. The second kappa shape index (κ2) is 7.31. The van der Waals surface area contributed by atoms with E-state index in [4.69, 9.17) is 6.42 Å². The summed E-state index contributed by atoms with van der Waals surface area (Å²) in [5.74, 6) is 0.0477. The zero-order valence-corrected chi connectivity index (χ0v) is 15.7. The number of amidine groups is 1. The first-order valence-electron chi connectivity index (χ1n) is 9.72. The number of nitrogens with zero attached hydrogens (tertiary/aromatic N) is 2. The van der Waals surface area contributed by atoms with Crippen LogP contribution in [-0.4, -0.2) is 27.4 Å². The fourth-order valence-electron chi connectivity index (χ4n) is 3.83. The highest BCUT2D eigenvalue weighted by molar-refractivity contribution is 6.03. The van der Waals surface area contributed by atoms with E-state index in [0.717, 1.165) is 22.5 Å². The lowest BCUT2D eigenvalue weighted by molar-refractivity contribution is -0.144. The van der Waals surface area contributed by atoms with E-state index in [-0.39, 0.29) is 0 Å². The molecule has 28 heavy (non-hydrogen) atoms. The third-order valence-electron chi connectivity index (χ3n) is 5.21. The largest absolute Gasteiger partial charge is 0.479 e. The maximum atomic E-state index is 12.8. The van der Waals surface area contributed by atoms with Gasteiger partial charge in [-0.25, -0.2) is 9.79 Å². The van der Waals surface area contributed by atoms with Crippen LogP contribution in [0.15, 0.2) is 96.0 Å². The molecule has 4 heteroatoms. The van der Waals surface area contributed by atoms with Crippen LogP contribution in [0.4, 0.5) is 0 Å². The SMILES string of the molecule is [2H]OC(=O)[C@@]1(C)N=C(c2ccccc2)N(Cc2ccccc2)[C@H]1c1ccccc1. The molecule has 0 amide bonds. The van der Waals surface area contributed by atoms with Crippen molar-refractivity contribution in [2.75, 3.05) is 0 Å². The highest BCUT2D eigenvalue weighted by Crippen LogP contribution is 2.42. The van der Waals surface area contributed by atoms with Gasteiger partial charge in [-0.15, -0.1) is 0 Å². The number of carbonyl (C=O) groups is 1. The zero-order valence-electron chi connectivity index (χ0n) is 16.7. The molecule has 0 saturated heterocycles. The first-order valence-corrected chi connectivity index (χ1v) is 9.32. The Kier molecular flexibility index (Phi) is 4.37. The lowest BCUT2D eigenvalue weighted by Gasteiger charge is -2.34. The smallest absolute Gasteiger partial charge is 0.333 e. The van der Waals surface area contributed by atoms with Gasteiger partial charge in [0.15, 0.2) is 5.54 Å². The van der Waals surface area contributed by atoms with Crippen LogP contribution in [0.1, 0.15) is 29.7 Å². The van der Waals surface area contributed by atoms with E-state index >= 15 is 0 Å². The molecule has 1 N–H and O–H groups in total. The summed E-state index contributed by atoms with van der Waals surface area (Å²) in [5, 5.41) is 4.45. The average Bonchev–Trinajstić information content (AvgIpc) is 3.08. The first kappa shape index (κ1) is 16.8. The summed E-state index contributed by atoms with van der Waals surface area (Å²) in [5.41, 5.74) is 1.75. The molecule has 1 heterocycles. The maximum absolute atomic E-state index is 12.8. The molecule has 140 valence electrons. The van der Waals surface area contributed by atoms with Crippen molar-refractivity contribution in [3.05, 3.63) is 108 Å². The van der Waals surface area contributed by atoms with E-state index in [1.165, 1.54) is 0 Å². The summed E-state index contributed by atoms with van der Waals surface area (Å²) in [6.07, 6.45) is 0. The van der Waals surface area contributed by atoms with Crippen molar-refractivity contribution in [3.63, 3.8) is 0 Å². The van der Waals surface area contributed by atoms with Gasteiger partial charge >= 0.3 is 5.97 Å². The zero-order chi connectivity index (χ0) is 20.3. The predicted octanol–water partition coefficient (Wildman–Crippen LogP) is 4.53. The van der Waals surface area contributed by atoms with Crippen LogP contribution in [0, 0.1) is 0 Å². The van der Waals surface area contributed by atoms with Gasteiger partial charge in [-0.1, -0.05) is 91.0 Å². The van der Waals surface area contributed by atoms with E-state index in [0.29, 0.717) is 6.54 Å². The minimum atomic E-state index is -1.23. The Balaban J connectivity index is 1.88. The number of carboxylic acids is 1. The summed E-state index contributed by atoms with van der Waals surface area (Å²) >= 11 is 0. The molecule has 0 spiro atoms. The average molecular weight is 371 g/mol. The van der Waals surface area contributed by atoms with Crippen LogP contribution < -0.4 is 0 Å². The molecule has 0 fully saturated rings. The topological polar surface area (TPSA) is 52.9 Å². The van der Waals surface area contributed by atoms with Crippen LogP contribution in [-0.2, 0) is 11.3 Å². The molecule has 0 radical (unpaired) electrons. The molecular formula is C24H22N2O2. The van der Waals surface area contributed by atoms with Crippen LogP contribution >= 0.6 is 0 Å². The fourth-order valence-corrected chi connectivity index (χ4v) is 3.83. The molecule has 2 atom stereocenters. The van der Waals surface area contributed by atoms with E-state index in [9.17, 15) is 4.79 Å². The Morgan fingerprint density at radius 3 is 2.18 bits per heavy atom. The van der Waals surface area contributed by atoms with Crippen molar-refractivity contribution >= 4 is 11.8 Å². The lowest BCUT2D eigenvalue weighted by atomic mass is 9.87. The van der Waals surface area contributed by atoms with Gasteiger partial charge in [0.25, 0.3) is 1.43 Å². The van der Waals surface area contributed by atoms with E-state index < -0.39 is 17.6 Å². The number of aliphatic carboxylic acids is 1. The predicted molar refractivity (Wildman–Crippen MR) is 110 cm³/mol. The Hall–Kier alpha value is -3.40. The fraction of sp³-hybridized carbons (Fsp3) is 0.167. The van der Waals surface area contributed by atoms with Gasteiger partial charge in [-0.05, 0) is 18.1 Å². The molecule has 0 saturated carbocycles. The summed E-state index contributed by atoms with van der Waals surface area (Å²) in [7, 11) is 0. The number of aliphatic imine (C=N–C) groups is 1. The van der Waals surface area contributed by atoms with Crippen molar-refractivity contribution in [2.45, 2.75) is 25.0 Å². The van der Waals surface area contributed by atoms with Crippen molar-refractivity contribution in [1.82, 2.24) is 4.90 Å². The molecule has 4 nitrogen and oxygen atoms in total. The second-order valence-electron chi connectivity index (χ2n) is 7.16. The van der Waals surface area contributed by atoms with Gasteiger partial charge in [0, 0.05) is 12.1 Å². The van der Waals surface area contributed by atoms with Crippen LogP contribution in [0.3, 0.4) is 0 Å². The minimum Gasteiger partial charge on any atom is -0.479 e. The first-order chi connectivity index (χ1) is 14.1. The van der Waals surface area contributed by atoms with Gasteiger partial charge in [0.05, 0.1) is 6.04 Å². The van der Waals surface area contributed by atoms with Crippen LogP contribution in [0.2, 0.25) is 0 Å². The molecule has 3 aromatic carbocycles. The van der Waals surface area contributed by atoms with Gasteiger partial charge in [-0.3, -0.25) is 0 Å². The molecule has 1 aliphatic rings. The van der Waals surface area contributed by atoms with Gasteiger partial charge in [0.2, 0.25) is 0 Å². The molecule has 3 aromatic rings. The Labute approximate surface area is 166 Å². The number of hydrogen-bond donors (Lipinski definition) is 1. The Bertz CT molecular complexity index is 1010. The Morgan fingerprint density at radius 1 is 1.00 bits per heavy atom. The van der Waals surface area contributed by atoms with Gasteiger partial charge in [-0.2, -0.15) is 0 Å². The molecule has 0 unspecified atom stereocenters. The van der Waals surface area contributed by atoms with Crippen molar-refractivity contribution < 1.29 is 9.90 Å². The third-order valence-corrected chi connectivity index (χ3v) is 5.21. The summed E-state index contributed by atoms with van der Waals surface area (Å²) in [6, 6.07) is 29.3. The van der Waals surface area contributed by atoms with Crippen LogP contribution in [0.25, 0.3) is 1.43 Å². The normalized spacial score (nSPS) is 21.8. The number of hydrogen-bond acceptors (Lipinski definition) is 4. The monoisotopic (exact) mass is 371 g/mol. The summed E-state index contributed by atoms with van der Waals surface area (Å²) < 4.78 is 7.27. The summed E-state index contributed by atoms with van der Waals surface area (Å²) in [4.78, 5) is 19.7. The minimum absolute atomic E-state index is 0.392. The van der Waals surface area contributed by atoms with E-state index in [1.54, 1.807) is 6.92 Å². The summed E-state index contributed by atoms with van der Waals surface area (Å²) in [6.45, 7) is 2.32. The number of carboxylic acid groups (broad SMARTS) is 1. The third kappa shape index (κ3) is 3.18. The second-order valence-corrected chi connectivity index (χ2v) is 7.16. The number of benzene rings is 3.